The molecule has 0 radical (unpaired) electrons. The maximum Gasteiger partial charge on any atom is 0.324 e. The Balaban J connectivity index is 0.962. The summed E-state index contributed by atoms with van der Waals surface area (Å²) in [4.78, 5) is 28.9. The van der Waals surface area contributed by atoms with Crippen LogP contribution in [0.4, 0.5) is 16.3 Å². The second-order valence-corrected chi connectivity index (χ2v) is 13.6. The first-order valence-electron chi connectivity index (χ1n) is 14.7. The smallest absolute Gasteiger partial charge is 0.324 e. The summed E-state index contributed by atoms with van der Waals surface area (Å²) in [5.74, 6) is 1.72. The van der Waals surface area contributed by atoms with E-state index in [1.54, 1.807) is 17.4 Å². The largest absolute Gasteiger partial charge is 0.476 e. The van der Waals surface area contributed by atoms with Gasteiger partial charge in [-0.2, -0.15) is 0 Å². The van der Waals surface area contributed by atoms with Gasteiger partial charge in [-0.1, -0.05) is 49.4 Å². The Kier molecular flexibility index (Phi) is 6.87. The second-order valence-electron chi connectivity index (χ2n) is 12.6. The van der Waals surface area contributed by atoms with Crippen molar-refractivity contribution < 1.29 is 14.1 Å². The Morgan fingerprint density at radius 1 is 1.09 bits per heavy atom. The summed E-state index contributed by atoms with van der Waals surface area (Å²) in [7, 11) is 2.25. The molecule has 7 rings (SSSR count). The van der Waals surface area contributed by atoms with Gasteiger partial charge in [-0.05, 0) is 38.1 Å². The standard InChI is InChI=1S/C31H36N8O3S/c1-30(2,3)24-17-25(36-42-24)34-28(40)32-21-7-5-20(6-8-21)22-18-39-23-9-10-26(35-27(23)43-29(39)33-22)41-16-15-38-14-13-37(4)31(19-38)11-12-31/h5-10,17-18H,11-16,19H2,1-4H3,(H2,32,34,36,40). The number of anilines is 2. The van der Waals surface area contributed by atoms with Crippen LogP contribution in [0.15, 0.2) is 53.2 Å². The molecule has 1 aliphatic heterocycles. The topological polar surface area (TPSA) is 113 Å². The normalized spacial score (nSPS) is 17.1. The highest BCUT2D eigenvalue weighted by Gasteiger charge is 2.49. The maximum absolute atomic E-state index is 12.5. The fourth-order valence-corrected chi connectivity index (χ4v) is 6.55. The number of amides is 2. The molecule has 1 saturated carbocycles. The number of likely N-dealkylation sites (N-methyl/N-ethyl adjacent to an activating group) is 1. The molecular formula is C31H36N8O3S. The van der Waals surface area contributed by atoms with Gasteiger partial charge in [0.05, 0.1) is 11.2 Å². The van der Waals surface area contributed by atoms with Gasteiger partial charge in [0.1, 0.15) is 17.2 Å². The monoisotopic (exact) mass is 600 g/mol. The van der Waals surface area contributed by atoms with Gasteiger partial charge < -0.3 is 14.6 Å². The van der Waals surface area contributed by atoms with Crippen molar-refractivity contribution in [2.45, 2.75) is 44.6 Å². The molecule has 2 fully saturated rings. The molecule has 2 aliphatic rings. The number of piperazine rings is 1. The molecule has 4 aromatic heterocycles. The number of nitrogens with zero attached hydrogens (tertiary/aromatic N) is 6. The van der Waals surface area contributed by atoms with Gasteiger partial charge in [0.15, 0.2) is 10.8 Å². The summed E-state index contributed by atoms with van der Waals surface area (Å²) in [6.45, 7) is 11.0. The summed E-state index contributed by atoms with van der Waals surface area (Å²) < 4.78 is 13.4. The van der Waals surface area contributed by atoms with Crippen molar-refractivity contribution in [3.05, 3.63) is 54.4 Å². The predicted octanol–water partition coefficient (Wildman–Crippen LogP) is 5.70. The van der Waals surface area contributed by atoms with E-state index in [0.717, 1.165) is 52.7 Å². The second kappa shape index (κ2) is 10.6. The zero-order chi connectivity index (χ0) is 29.8. The molecule has 2 amide bonds. The van der Waals surface area contributed by atoms with Crippen molar-refractivity contribution in [3.63, 3.8) is 0 Å². The molecule has 0 atom stereocenters. The fourth-order valence-electron chi connectivity index (χ4n) is 5.58. The van der Waals surface area contributed by atoms with Gasteiger partial charge in [-0.15, -0.1) is 0 Å². The predicted molar refractivity (Wildman–Crippen MR) is 168 cm³/mol. The van der Waals surface area contributed by atoms with Gasteiger partial charge in [-0.3, -0.25) is 19.5 Å². The van der Waals surface area contributed by atoms with Crippen molar-refractivity contribution in [2.75, 3.05) is 50.5 Å². The molecule has 43 heavy (non-hydrogen) atoms. The van der Waals surface area contributed by atoms with Gasteiger partial charge in [0.2, 0.25) is 5.88 Å². The lowest BCUT2D eigenvalue weighted by Gasteiger charge is -2.40. The molecule has 1 spiro atoms. The summed E-state index contributed by atoms with van der Waals surface area (Å²) in [5, 5.41) is 9.47. The number of thiazole rings is 1. The van der Waals surface area contributed by atoms with E-state index < -0.39 is 6.03 Å². The van der Waals surface area contributed by atoms with Crippen molar-refractivity contribution in [3.8, 4) is 17.1 Å². The third-order valence-electron chi connectivity index (χ3n) is 8.43. The number of carbonyl (C=O) groups is 1. The van der Waals surface area contributed by atoms with E-state index in [1.807, 2.05) is 63.4 Å². The number of hydrogen-bond acceptors (Lipinski definition) is 9. The van der Waals surface area contributed by atoms with E-state index in [4.69, 9.17) is 19.2 Å². The molecule has 0 unspecified atom stereocenters. The van der Waals surface area contributed by atoms with Crippen LogP contribution >= 0.6 is 11.3 Å². The minimum Gasteiger partial charge on any atom is -0.476 e. The number of pyridine rings is 1. The van der Waals surface area contributed by atoms with Crippen LogP contribution in [0.5, 0.6) is 5.88 Å². The van der Waals surface area contributed by atoms with E-state index in [2.05, 4.69) is 37.0 Å². The van der Waals surface area contributed by atoms with Gasteiger partial charge in [0, 0.05) is 66.7 Å². The Hall–Kier alpha value is -4.00. The van der Waals surface area contributed by atoms with Crippen molar-refractivity contribution in [1.29, 1.82) is 0 Å². The molecule has 0 bridgehead atoms. The molecule has 1 saturated heterocycles. The molecule has 5 heterocycles. The average molecular weight is 601 g/mol. The zero-order valence-electron chi connectivity index (χ0n) is 24.9. The number of carbonyl (C=O) groups excluding carboxylic acids is 1. The van der Waals surface area contributed by atoms with Crippen molar-refractivity contribution >= 4 is 44.2 Å². The Morgan fingerprint density at radius 2 is 1.91 bits per heavy atom. The van der Waals surface area contributed by atoms with Gasteiger partial charge in [-0.25, -0.2) is 14.8 Å². The summed E-state index contributed by atoms with van der Waals surface area (Å²) in [6.07, 6.45) is 4.64. The summed E-state index contributed by atoms with van der Waals surface area (Å²) in [5.41, 5.74) is 3.69. The zero-order valence-corrected chi connectivity index (χ0v) is 25.7. The lowest BCUT2D eigenvalue weighted by atomic mass is 9.93. The van der Waals surface area contributed by atoms with Crippen molar-refractivity contribution in [2.24, 2.45) is 0 Å². The molecular weight excluding hydrogens is 564 g/mol. The van der Waals surface area contributed by atoms with E-state index in [-0.39, 0.29) is 5.41 Å². The minimum atomic E-state index is -0.391. The number of urea groups is 1. The highest BCUT2D eigenvalue weighted by Crippen LogP contribution is 2.43. The van der Waals surface area contributed by atoms with E-state index in [1.165, 1.54) is 12.8 Å². The summed E-state index contributed by atoms with van der Waals surface area (Å²) >= 11 is 1.54. The van der Waals surface area contributed by atoms with Crippen LogP contribution in [0.25, 0.3) is 26.6 Å². The third kappa shape index (κ3) is 5.69. The van der Waals surface area contributed by atoms with Crippen LogP contribution in [0, 0.1) is 0 Å². The number of benzene rings is 1. The van der Waals surface area contributed by atoms with Crippen molar-refractivity contribution in [1.82, 2.24) is 29.3 Å². The van der Waals surface area contributed by atoms with Crippen LogP contribution in [0.2, 0.25) is 0 Å². The Labute approximate surface area is 253 Å². The SMILES string of the molecule is CN1CCN(CCOc2ccc3c(n2)sc2nc(-c4ccc(NC(=O)Nc5cc(C(C)(C)C)on5)cc4)cn23)CC12CC2. The number of fused-ring (bicyclic) bond motifs is 3. The lowest BCUT2D eigenvalue weighted by Crippen LogP contribution is -2.53. The third-order valence-corrected chi connectivity index (χ3v) is 9.39. The molecule has 5 aromatic rings. The first kappa shape index (κ1) is 27.8. The van der Waals surface area contributed by atoms with Crippen LogP contribution in [-0.4, -0.2) is 80.7 Å². The molecule has 224 valence electrons. The lowest BCUT2D eigenvalue weighted by molar-refractivity contribution is 0.0704. The quantitative estimate of drug-likeness (QED) is 0.245. The fraction of sp³-hybridized carbons (Fsp3) is 0.419. The highest BCUT2D eigenvalue weighted by atomic mass is 32.1. The number of nitrogens with one attached hydrogen (secondary N) is 2. The van der Waals surface area contributed by atoms with Crippen LogP contribution in [0.3, 0.4) is 0 Å². The number of aromatic nitrogens is 4. The Bertz CT molecular complexity index is 1780. The average Bonchev–Trinajstić information content (AvgIpc) is 3.27. The number of hydrogen-bond donors (Lipinski definition) is 2. The first-order chi connectivity index (χ1) is 20.6. The van der Waals surface area contributed by atoms with Gasteiger partial charge >= 0.3 is 6.03 Å². The highest BCUT2D eigenvalue weighted by molar-refractivity contribution is 7.23. The summed E-state index contributed by atoms with van der Waals surface area (Å²) in [6, 6.07) is 12.9. The molecule has 2 N–H and O–H groups in total. The van der Waals surface area contributed by atoms with Gasteiger partial charge in [0.25, 0.3) is 0 Å². The Morgan fingerprint density at radius 3 is 2.65 bits per heavy atom. The molecule has 1 aromatic carbocycles. The molecule has 1 aliphatic carbocycles. The number of rotatable bonds is 7. The number of imidazole rings is 1. The minimum absolute atomic E-state index is 0.189. The molecule has 11 nitrogen and oxygen atoms in total. The molecule has 12 heteroatoms. The van der Waals surface area contributed by atoms with E-state index in [0.29, 0.717) is 35.3 Å². The van der Waals surface area contributed by atoms with E-state index in [9.17, 15) is 4.79 Å². The maximum atomic E-state index is 12.5. The number of ether oxygens (including phenoxy) is 1. The first-order valence-corrected chi connectivity index (χ1v) is 15.5. The van der Waals surface area contributed by atoms with Crippen LogP contribution in [0.1, 0.15) is 39.4 Å². The van der Waals surface area contributed by atoms with Crippen LogP contribution in [-0.2, 0) is 5.41 Å². The van der Waals surface area contributed by atoms with Crippen LogP contribution < -0.4 is 15.4 Å². The van der Waals surface area contributed by atoms with E-state index >= 15 is 0 Å².